The van der Waals surface area contributed by atoms with Crippen LogP contribution < -0.4 is 5.32 Å². The van der Waals surface area contributed by atoms with Gasteiger partial charge in [0.25, 0.3) is 0 Å². The van der Waals surface area contributed by atoms with Gasteiger partial charge in [0, 0.05) is 35.4 Å². The van der Waals surface area contributed by atoms with Gasteiger partial charge >= 0.3 is 5.97 Å². The highest BCUT2D eigenvalue weighted by Crippen LogP contribution is 2.22. The number of carbonyl (C=O) groups is 3. The number of aliphatic hydroxyl groups excluding tert-OH is 1. The van der Waals surface area contributed by atoms with E-state index in [4.69, 9.17) is 16.3 Å². The van der Waals surface area contributed by atoms with Crippen molar-refractivity contribution < 1.29 is 24.2 Å². The molecule has 0 aromatic carbocycles. The molecule has 1 heterocycles. The summed E-state index contributed by atoms with van der Waals surface area (Å²) >= 11 is 5.77. The molecule has 0 radical (unpaired) electrons. The number of amides is 1. The minimum Gasteiger partial charge on any atom is -0.458 e. The maximum absolute atomic E-state index is 12.8. The predicted molar refractivity (Wildman–Crippen MR) is 148 cm³/mol. The number of cyclic esters (lactones) is 1. The highest BCUT2D eigenvalue weighted by molar-refractivity contribution is 6.29. The van der Waals surface area contributed by atoms with Crippen LogP contribution in [0.5, 0.6) is 0 Å². The first-order valence-electron chi connectivity index (χ1n) is 12.5. The molecule has 1 amide bonds. The third-order valence-corrected chi connectivity index (χ3v) is 5.90. The van der Waals surface area contributed by atoms with E-state index in [1.54, 1.807) is 38.2 Å². The van der Waals surface area contributed by atoms with Crippen molar-refractivity contribution >= 4 is 29.3 Å². The number of rotatable bonds is 11. The molecule has 1 rings (SSSR count). The van der Waals surface area contributed by atoms with Crippen LogP contribution >= 0.6 is 11.6 Å². The number of carbonyl (C=O) groups excluding carboxylic acids is 3. The van der Waals surface area contributed by atoms with Crippen molar-refractivity contribution in [3.05, 3.63) is 59.2 Å². The highest BCUT2D eigenvalue weighted by atomic mass is 35.5. The van der Waals surface area contributed by atoms with Crippen LogP contribution in [-0.2, 0) is 19.1 Å². The zero-order valence-corrected chi connectivity index (χ0v) is 23.5. The first-order valence-corrected chi connectivity index (χ1v) is 12.9. The first-order chi connectivity index (χ1) is 17.3. The fourth-order valence-corrected chi connectivity index (χ4v) is 3.54. The molecule has 37 heavy (non-hydrogen) atoms. The van der Waals surface area contributed by atoms with E-state index in [0.29, 0.717) is 29.9 Å². The Balaban J connectivity index is 2.58. The summed E-state index contributed by atoms with van der Waals surface area (Å²) in [6.07, 6.45) is 14.3. The molecular formula is C30H40ClNO5. The van der Waals surface area contributed by atoms with Gasteiger partial charge in [-0.3, -0.25) is 9.59 Å². The van der Waals surface area contributed by atoms with Crippen molar-refractivity contribution in [3.63, 3.8) is 0 Å². The SMILES string of the molecule is CC1=CC[C@@H]([C@@H](C)/C=C\C#C/C=C/C(=O)N[C@H](C(=O)C/C=C\C[C@@H](O)C/C=C(\C)Cl)C(C)(C)C)OC1=O. The standard InChI is InChI=1S/C30H40ClNO5/c1-21(26-20-17-22(2)29(36)37-26)13-9-7-8-10-16-27(35)32-28(30(4,5)6)25(34)15-12-11-14-24(33)19-18-23(3)31/h9-13,16-18,21,24,26,28,33H,14-15,19-20H2,1-6H3,(H,32,35)/b12-11-,13-9-,16-10+,23-18+/t21-,24+,26-,28+/m0/s1. The molecule has 0 aromatic rings. The maximum Gasteiger partial charge on any atom is 0.333 e. The molecular weight excluding hydrogens is 490 g/mol. The fraction of sp³-hybridized carbons (Fsp3) is 0.500. The van der Waals surface area contributed by atoms with Crippen molar-refractivity contribution in [2.45, 2.75) is 85.5 Å². The number of ketones is 1. The second-order valence-corrected chi connectivity index (χ2v) is 10.9. The number of ether oxygens (including phenoxy) is 1. The molecule has 7 heteroatoms. The number of nitrogens with one attached hydrogen (secondary N) is 1. The fourth-order valence-electron chi connectivity index (χ4n) is 3.45. The van der Waals surface area contributed by atoms with Gasteiger partial charge in [-0.2, -0.15) is 0 Å². The Bertz CT molecular complexity index is 1010. The van der Waals surface area contributed by atoms with Crippen LogP contribution in [0.2, 0.25) is 0 Å². The molecule has 0 unspecified atom stereocenters. The molecule has 2 N–H and O–H groups in total. The number of allylic oxidation sites excluding steroid dienone is 4. The van der Waals surface area contributed by atoms with E-state index in [2.05, 4.69) is 17.2 Å². The van der Waals surface area contributed by atoms with Crippen LogP contribution in [0, 0.1) is 23.2 Å². The van der Waals surface area contributed by atoms with Gasteiger partial charge in [0.05, 0.1) is 12.1 Å². The smallest absolute Gasteiger partial charge is 0.333 e. The molecule has 0 saturated carbocycles. The summed E-state index contributed by atoms with van der Waals surface area (Å²) in [6.45, 7) is 11.1. The number of halogens is 1. The third kappa shape index (κ3) is 13.3. The van der Waals surface area contributed by atoms with E-state index in [9.17, 15) is 19.5 Å². The Labute approximate surface area is 226 Å². The Morgan fingerprint density at radius 3 is 2.54 bits per heavy atom. The lowest BCUT2D eigenvalue weighted by molar-refractivity contribution is -0.147. The summed E-state index contributed by atoms with van der Waals surface area (Å²) in [4.78, 5) is 36.9. The minimum atomic E-state index is -0.675. The Morgan fingerprint density at radius 1 is 1.24 bits per heavy atom. The molecule has 1 aliphatic heterocycles. The molecule has 202 valence electrons. The number of hydrogen-bond donors (Lipinski definition) is 2. The van der Waals surface area contributed by atoms with Gasteiger partial charge in [-0.05, 0) is 44.3 Å². The minimum absolute atomic E-state index is 0.0115. The Kier molecular flexibility index (Phi) is 14.0. The number of Topliss-reactive ketones (excluding diaryl/α,β-unsaturated/α-hetero) is 1. The average molecular weight is 530 g/mol. The zero-order chi connectivity index (χ0) is 28.0. The number of hydrogen-bond acceptors (Lipinski definition) is 5. The van der Waals surface area contributed by atoms with Gasteiger partial charge in [0.1, 0.15) is 6.10 Å². The van der Waals surface area contributed by atoms with Gasteiger partial charge in [0.2, 0.25) is 5.91 Å². The second-order valence-electron chi connectivity index (χ2n) is 10.3. The second kappa shape index (κ2) is 16.1. The normalized spacial score (nSPS) is 19.2. The van der Waals surface area contributed by atoms with Gasteiger partial charge in [-0.1, -0.05) is 81.5 Å². The molecule has 6 nitrogen and oxygen atoms in total. The summed E-state index contributed by atoms with van der Waals surface area (Å²) in [5.74, 6) is 4.81. The van der Waals surface area contributed by atoms with E-state index in [0.717, 1.165) is 0 Å². The molecule has 0 saturated heterocycles. The van der Waals surface area contributed by atoms with Gasteiger partial charge < -0.3 is 15.2 Å². The highest BCUT2D eigenvalue weighted by Gasteiger charge is 2.31. The summed E-state index contributed by atoms with van der Waals surface area (Å²) in [5, 5.41) is 13.3. The molecule has 4 atom stereocenters. The molecule has 0 bridgehead atoms. The third-order valence-electron chi connectivity index (χ3n) is 5.75. The lowest BCUT2D eigenvalue weighted by atomic mass is 9.83. The monoisotopic (exact) mass is 529 g/mol. The first kappa shape index (κ1) is 32.1. The molecule has 1 aliphatic rings. The van der Waals surface area contributed by atoms with Crippen LogP contribution in [-0.4, -0.2) is 41.0 Å². The van der Waals surface area contributed by atoms with Crippen LogP contribution in [0.1, 0.15) is 67.2 Å². The van der Waals surface area contributed by atoms with E-state index >= 15 is 0 Å². The van der Waals surface area contributed by atoms with E-state index in [1.807, 2.05) is 39.8 Å². The lowest BCUT2D eigenvalue weighted by Gasteiger charge is -2.29. The van der Waals surface area contributed by atoms with Gasteiger partial charge in [-0.25, -0.2) is 4.79 Å². The Morgan fingerprint density at radius 2 is 1.92 bits per heavy atom. The number of aliphatic hydroxyl groups is 1. The average Bonchev–Trinajstić information content (AvgIpc) is 2.81. The number of esters is 1. The molecule has 0 fully saturated rings. The van der Waals surface area contributed by atoms with Crippen molar-refractivity contribution in [2.75, 3.05) is 0 Å². The van der Waals surface area contributed by atoms with Crippen molar-refractivity contribution in [3.8, 4) is 11.8 Å². The summed E-state index contributed by atoms with van der Waals surface area (Å²) < 4.78 is 5.39. The van der Waals surface area contributed by atoms with E-state index < -0.39 is 23.5 Å². The van der Waals surface area contributed by atoms with Crippen LogP contribution in [0.3, 0.4) is 0 Å². The van der Waals surface area contributed by atoms with Gasteiger partial charge in [0.15, 0.2) is 5.78 Å². The van der Waals surface area contributed by atoms with Crippen LogP contribution in [0.15, 0.2) is 59.2 Å². The quantitative estimate of drug-likeness (QED) is 0.163. The molecule has 0 aromatic heterocycles. The van der Waals surface area contributed by atoms with E-state index in [1.165, 1.54) is 12.2 Å². The maximum atomic E-state index is 12.8. The van der Waals surface area contributed by atoms with Crippen LogP contribution in [0.25, 0.3) is 0 Å². The van der Waals surface area contributed by atoms with Gasteiger partial charge in [-0.15, -0.1) is 0 Å². The Hall–Kier alpha value is -2.88. The van der Waals surface area contributed by atoms with E-state index in [-0.39, 0.29) is 30.2 Å². The summed E-state index contributed by atoms with van der Waals surface area (Å²) in [6, 6.07) is -0.675. The predicted octanol–water partition coefficient (Wildman–Crippen LogP) is 5.33. The zero-order valence-electron chi connectivity index (χ0n) is 22.7. The molecule has 0 aliphatic carbocycles. The largest absolute Gasteiger partial charge is 0.458 e. The van der Waals surface area contributed by atoms with Crippen LogP contribution in [0.4, 0.5) is 0 Å². The summed E-state index contributed by atoms with van der Waals surface area (Å²) in [5.41, 5.74) is 0.154. The molecule has 0 spiro atoms. The van der Waals surface area contributed by atoms with Crippen molar-refractivity contribution in [1.29, 1.82) is 0 Å². The lowest BCUT2D eigenvalue weighted by Crippen LogP contribution is -2.48. The topological polar surface area (TPSA) is 92.7 Å². The van der Waals surface area contributed by atoms with Crippen molar-refractivity contribution in [1.82, 2.24) is 5.32 Å². The van der Waals surface area contributed by atoms with Crippen molar-refractivity contribution in [2.24, 2.45) is 11.3 Å². The summed E-state index contributed by atoms with van der Waals surface area (Å²) in [7, 11) is 0.